The van der Waals surface area contributed by atoms with Crippen LogP contribution < -0.4 is 4.74 Å². The molecule has 0 aliphatic carbocycles. The van der Waals surface area contributed by atoms with Crippen molar-refractivity contribution in [2.75, 3.05) is 6.61 Å². The second kappa shape index (κ2) is 5.99. The van der Waals surface area contributed by atoms with E-state index < -0.39 is 12.8 Å². The van der Waals surface area contributed by atoms with Gasteiger partial charge >= 0.3 is 6.18 Å². The Bertz CT molecular complexity index is 792. The van der Waals surface area contributed by atoms with Crippen molar-refractivity contribution < 1.29 is 22.4 Å². The third-order valence-electron chi connectivity index (χ3n) is 2.59. The number of rotatable bonds is 4. The lowest BCUT2D eigenvalue weighted by atomic mass is 10.2. The molecule has 0 fully saturated rings. The summed E-state index contributed by atoms with van der Waals surface area (Å²) in [6, 6.07) is 2.98. The number of nitrogens with zero attached hydrogens (tertiary/aromatic N) is 5. The van der Waals surface area contributed by atoms with Crippen molar-refractivity contribution in [3.05, 3.63) is 36.9 Å². The first kappa shape index (κ1) is 14.9. The number of alkyl halides is 3. The van der Waals surface area contributed by atoms with Crippen LogP contribution in [0.25, 0.3) is 23.0 Å². The van der Waals surface area contributed by atoms with Crippen LogP contribution in [-0.4, -0.2) is 37.9 Å². The highest BCUT2D eigenvalue weighted by Crippen LogP contribution is 2.29. The van der Waals surface area contributed by atoms with Crippen molar-refractivity contribution in [3.8, 4) is 28.9 Å². The highest BCUT2D eigenvalue weighted by Gasteiger charge is 2.29. The van der Waals surface area contributed by atoms with Gasteiger partial charge in [-0.1, -0.05) is 5.16 Å². The summed E-state index contributed by atoms with van der Waals surface area (Å²) in [6.07, 6.45) is 1.19. The van der Waals surface area contributed by atoms with Gasteiger partial charge in [0.2, 0.25) is 11.7 Å². The van der Waals surface area contributed by atoms with Gasteiger partial charge in [-0.05, 0) is 12.1 Å². The molecule has 0 amide bonds. The lowest BCUT2D eigenvalue weighted by Crippen LogP contribution is -2.19. The summed E-state index contributed by atoms with van der Waals surface area (Å²) in [5.74, 6) is -0.131. The van der Waals surface area contributed by atoms with Gasteiger partial charge in [0.05, 0.1) is 6.20 Å². The van der Waals surface area contributed by atoms with Crippen LogP contribution in [0.1, 0.15) is 0 Å². The molecular formula is C13H8F3N5O2. The zero-order valence-corrected chi connectivity index (χ0v) is 11.4. The maximum atomic E-state index is 12.3. The molecule has 0 atom stereocenters. The average molecular weight is 323 g/mol. The molecule has 0 saturated heterocycles. The van der Waals surface area contributed by atoms with Crippen molar-refractivity contribution >= 4 is 0 Å². The lowest BCUT2D eigenvalue weighted by Gasteiger charge is -2.09. The highest BCUT2D eigenvalue weighted by molar-refractivity contribution is 5.61. The first-order valence-corrected chi connectivity index (χ1v) is 6.28. The van der Waals surface area contributed by atoms with E-state index >= 15 is 0 Å². The van der Waals surface area contributed by atoms with E-state index in [1.165, 1.54) is 36.9 Å². The Morgan fingerprint density at radius 3 is 2.74 bits per heavy atom. The molecule has 3 rings (SSSR count). The van der Waals surface area contributed by atoms with Crippen LogP contribution in [0.2, 0.25) is 0 Å². The second-order valence-corrected chi connectivity index (χ2v) is 4.27. The molecule has 7 nitrogen and oxygen atoms in total. The minimum atomic E-state index is -4.48. The lowest BCUT2D eigenvalue weighted by molar-refractivity contribution is -0.154. The van der Waals surface area contributed by atoms with Crippen LogP contribution in [0.5, 0.6) is 5.88 Å². The molecular weight excluding hydrogens is 315 g/mol. The van der Waals surface area contributed by atoms with E-state index in [-0.39, 0.29) is 23.2 Å². The third-order valence-corrected chi connectivity index (χ3v) is 2.59. The molecule has 0 aliphatic heterocycles. The molecule has 0 saturated carbocycles. The summed E-state index contributed by atoms with van der Waals surface area (Å²) in [5, 5.41) is 3.72. The van der Waals surface area contributed by atoms with E-state index in [0.29, 0.717) is 5.69 Å². The van der Waals surface area contributed by atoms with Crippen LogP contribution >= 0.6 is 0 Å². The zero-order chi connectivity index (χ0) is 16.3. The van der Waals surface area contributed by atoms with Gasteiger partial charge < -0.3 is 9.26 Å². The Morgan fingerprint density at radius 2 is 2.00 bits per heavy atom. The van der Waals surface area contributed by atoms with Gasteiger partial charge in [-0.15, -0.1) is 0 Å². The van der Waals surface area contributed by atoms with Crippen molar-refractivity contribution in [1.82, 2.24) is 25.1 Å². The molecule has 0 aliphatic rings. The minimum Gasteiger partial charge on any atom is -0.467 e. The van der Waals surface area contributed by atoms with E-state index in [1.807, 2.05) is 0 Å². The molecule has 23 heavy (non-hydrogen) atoms. The Hall–Kier alpha value is -3.04. The largest absolute Gasteiger partial charge is 0.467 e. The monoisotopic (exact) mass is 323 g/mol. The van der Waals surface area contributed by atoms with Crippen LogP contribution in [0, 0.1) is 0 Å². The molecule has 0 N–H and O–H groups in total. The molecule has 118 valence electrons. The molecule has 3 aromatic rings. The molecule has 0 unspecified atom stereocenters. The standard InChI is InChI=1S/C13H8F3N5O2/c14-13(15,16)7-22-11-8(2-1-3-19-11)12-20-10(21-23-12)9-6-17-4-5-18-9/h1-6H,7H2. The molecule has 0 radical (unpaired) electrons. The fraction of sp³-hybridized carbons (Fsp3) is 0.154. The first-order chi connectivity index (χ1) is 11.0. The topological polar surface area (TPSA) is 86.8 Å². The summed E-state index contributed by atoms with van der Waals surface area (Å²) < 4.78 is 46.6. The third kappa shape index (κ3) is 3.59. The van der Waals surface area contributed by atoms with Gasteiger partial charge in [0.15, 0.2) is 6.61 Å². The fourth-order valence-electron chi connectivity index (χ4n) is 1.67. The molecule has 3 aromatic heterocycles. The van der Waals surface area contributed by atoms with E-state index in [9.17, 15) is 13.2 Å². The maximum Gasteiger partial charge on any atom is 0.422 e. The number of aromatic nitrogens is 5. The Balaban J connectivity index is 1.89. The Labute approximate surface area is 127 Å². The predicted molar refractivity (Wildman–Crippen MR) is 70.1 cm³/mol. The second-order valence-electron chi connectivity index (χ2n) is 4.27. The van der Waals surface area contributed by atoms with Crippen molar-refractivity contribution in [2.45, 2.75) is 6.18 Å². The SMILES string of the molecule is FC(F)(F)COc1ncccc1-c1nc(-c2cnccn2)no1. The van der Waals surface area contributed by atoms with Crippen LogP contribution in [0.4, 0.5) is 13.2 Å². The van der Waals surface area contributed by atoms with Gasteiger partial charge in [-0.2, -0.15) is 18.2 Å². The van der Waals surface area contributed by atoms with E-state index in [0.717, 1.165) is 0 Å². The van der Waals surface area contributed by atoms with Gasteiger partial charge in [-0.25, -0.2) is 9.97 Å². The summed E-state index contributed by atoms with van der Waals surface area (Å²) in [6.45, 7) is -1.47. The molecule has 0 spiro atoms. The minimum absolute atomic E-state index is 0.0315. The zero-order valence-electron chi connectivity index (χ0n) is 11.4. The fourth-order valence-corrected chi connectivity index (χ4v) is 1.67. The van der Waals surface area contributed by atoms with E-state index in [1.54, 1.807) is 0 Å². The maximum absolute atomic E-state index is 12.3. The normalized spacial score (nSPS) is 11.4. The number of pyridine rings is 1. The number of ether oxygens (including phenoxy) is 1. The summed E-state index contributed by atoms with van der Waals surface area (Å²) in [5.41, 5.74) is 0.517. The van der Waals surface area contributed by atoms with Crippen molar-refractivity contribution in [1.29, 1.82) is 0 Å². The van der Waals surface area contributed by atoms with Crippen LogP contribution in [0.15, 0.2) is 41.4 Å². The number of halogens is 3. The first-order valence-electron chi connectivity index (χ1n) is 6.28. The summed E-state index contributed by atoms with van der Waals surface area (Å²) in [4.78, 5) is 15.7. The van der Waals surface area contributed by atoms with Crippen molar-refractivity contribution in [2.24, 2.45) is 0 Å². The number of hydrogen-bond acceptors (Lipinski definition) is 7. The van der Waals surface area contributed by atoms with Gasteiger partial charge in [0, 0.05) is 18.6 Å². The Kier molecular flexibility index (Phi) is 3.87. The van der Waals surface area contributed by atoms with E-state index in [4.69, 9.17) is 4.52 Å². The van der Waals surface area contributed by atoms with Crippen LogP contribution in [0.3, 0.4) is 0 Å². The highest BCUT2D eigenvalue weighted by atomic mass is 19.4. The van der Waals surface area contributed by atoms with Gasteiger partial charge in [-0.3, -0.25) is 4.98 Å². The van der Waals surface area contributed by atoms with Gasteiger partial charge in [0.1, 0.15) is 11.3 Å². The number of hydrogen-bond donors (Lipinski definition) is 0. The quantitative estimate of drug-likeness (QED) is 0.729. The average Bonchev–Trinajstić information content (AvgIpc) is 3.03. The molecule has 10 heteroatoms. The van der Waals surface area contributed by atoms with Crippen LogP contribution in [-0.2, 0) is 0 Å². The summed E-state index contributed by atoms with van der Waals surface area (Å²) >= 11 is 0. The van der Waals surface area contributed by atoms with E-state index in [2.05, 4.69) is 29.8 Å². The smallest absolute Gasteiger partial charge is 0.422 e. The van der Waals surface area contributed by atoms with Crippen molar-refractivity contribution in [3.63, 3.8) is 0 Å². The predicted octanol–water partition coefficient (Wildman–Crippen LogP) is 2.53. The van der Waals surface area contributed by atoms with Gasteiger partial charge in [0.25, 0.3) is 5.89 Å². The molecule has 0 aromatic carbocycles. The Morgan fingerprint density at radius 1 is 1.13 bits per heavy atom. The summed E-state index contributed by atoms with van der Waals surface area (Å²) in [7, 11) is 0. The molecule has 3 heterocycles. The molecule has 0 bridgehead atoms.